The number of likely N-dealkylation sites (tertiary alicyclic amines) is 1. The molecule has 0 radical (unpaired) electrons. The molecule has 244 valence electrons. The topological polar surface area (TPSA) is 75.5 Å². The third-order valence-corrected chi connectivity index (χ3v) is 10.6. The first-order valence-electron chi connectivity index (χ1n) is 15.3. The Hall–Kier alpha value is -4.48. The van der Waals surface area contributed by atoms with Crippen molar-refractivity contribution in [3.05, 3.63) is 107 Å². The number of alkyl halides is 3. The van der Waals surface area contributed by atoms with Gasteiger partial charge in [-0.15, -0.1) is 0 Å². The number of rotatable bonds is 6. The summed E-state index contributed by atoms with van der Waals surface area (Å²) in [5, 5.41) is 0.442. The molecule has 0 unspecified atom stereocenters. The Morgan fingerprint density at radius 2 is 1.53 bits per heavy atom. The van der Waals surface area contributed by atoms with E-state index in [0.29, 0.717) is 51.6 Å². The lowest BCUT2D eigenvalue weighted by molar-refractivity contribution is -0.138. The Morgan fingerprint density at radius 3 is 2.15 bits per heavy atom. The molecule has 1 fully saturated rings. The highest BCUT2D eigenvalue weighted by Gasteiger charge is 2.36. The number of aryl methyl sites for hydroxylation is 1. The van der Waals surface area contributed by atoms with Crippen LogP contribution in [0, 0.1) is 6.92 Å². The quantitative estimate of drug-likeness (QED) is 0.189. The molecule has 5 aromatic rings. The second-order valence-electron chi connectivity index (χ2n) is 12.4. The maximum Gasteiger partial charge on any atom is 0.416 e. The van der Waals surface area contributed by atoms with Gasteiger partial charge in [-0.25, -0.2) is 17.4 Å². The zero-order chi connectivity index (χ0) is 33.7. The fourth-order valence-electron chi connectivity index (χ4n) is 6.18. The van der Waals surface area contributed by atoms with E-state index in [9.17, 15) is 26.4 Å². The summed E-state index contributed by atoms with van der Waals surface area (Å²) in [6.07, 6.45) is -0.357. The summed E-state index contributed by atoms with van der Waals surface area (Å²) in [6.45, 7) is 3.33. The van der Waals surface area contributed by atoms with E-state index in [1.165, 1.54) is 35.5 Å². The first-order chi connectivity index (χ1) is 22.2. The Bertz CT molecular complexity index is 2060. The number of piperidine rings is 1. The highest BCUT2D eigenvalue weighted by atomic mass is 32.2. The molecule has 0 aliphatic carbocycles. The van der Waals surface area contributed by atoms with E-state index in [1.807, 2.05) is 14.0 Å². The summed E-state index contributed by atoms with van der Waals surface area (Å²) >= 11 is 0. The fraction of sp³-hybridized carbons (Fsp3) is 0.278. The molecule has 7 nitrogen and oxygen atoms in total. The Labute approximate surface area is 272 Å². The summed E-state index contributed by atoms with van der Waals surface area (Å²) in [5.41, 5.74) is 3.01. The SMILES string of the molecule is Cc1ccc(S(=O)(=O)n2cc(-c3ccc(C(=O)N(C)C)cc3)c3cc(-c4ccc(C5CCN(C)CC5)c(C(F)(F)F)c4)cnc32)cc1. The van der Waals surface area contributed by atoms with Gasteiger partial charge in [0.2, 0.25) is 0 Å². The normalized spacial score (nSPS) is 14.9. The third kappa shape index (κ3) is 6.29. The van der Waals surface area contributed by atoms with Gasteiger partial charge in [0.15, 0.2) is 5.65 Å². The van der Waals surface area contributed by atoms with Crippen molar-refractivity contribution in [2.75, 3.05) is 34.2 Å². The van der Waals surface area contributed by atoms with Crippen molar-refractivity contribution in [3.63, 3.8) is 0 Å². The first-order valence-corrected chi connectivity index (χ1v) is 16.7. The summed E-state index contributed by atoms with van der Waals surface area (Å²) in [6, 6.07) is 19.3. The molecule has 1 saturated heterocycles. The first kappa shape index (κ1) is 32.5. The molecule has 1 amide bonds. The minimum atomic E-state index is -4.55. The number of amides is 1. The Morgan fingerprint density at radius 1 is 0.894 bits per heavy atom. The molecule has 11 heteroatoms. The number of hydrogen-bond donors (Lipinski definition) is 0. The van der Waals surface area contributed by atoms with Gasteiger partial charge >= 0.3 is 6.18 Å². The van der Waals surface area contributed by atoms with Crippen LogP contribution in [0.15, 0.2) is 90.1 Å². The summed E-state index contributed by atoms with van der Waals surface area (Å²) < 4.78 is 72.2. The molecular formula is C36H35F3N4O3S. The molecule has 3 aromatic carbocycles. The Balaban J connectivity index is 1.50. The maximum absolute atomic E-state index is 14.5. The van der Waals surface area contributed by atoms with Crippen LogP contribution < -0.4 is 0 Å². The highest BCUT2D eigenvalue weighted by molar-refractivity contribution is 7.90. The molecule has 3 heterocycles. The molecule has 0 N–H and O–H groups in total. The molecule has 1 aliphatic rings. The van der Waals surface area contributed by atoms with Gasteiger partial charge in [0, 0.05) is 48.6 Å². The monoisotopic (exact) mass is 660 g/mol. The molecular weight excluding hydrogens is 625 g/mol. The molecule has 6 rings (SSSR count). The summed E-state index contributed by atoms with van der Waals surface area (Å²) in [4.78, 5) is 20.7. The number of carbonyl (C=O) groups is 1. The van der Waals surface area contributed by atoms with Crippen LogP contribution in [-0.4, -0.2) is 67.3 Å². The van der Waals surface area contributed by atoms with E-state index >= 15 is 0 Å². The fourth-order valence-corrected chi connectivity index (χ4v) is 7.51. The average molecular weight is 661 g/mol. The maximum atomic E-state index is 14.5. The van der Waals surface area contributed by atoms with Gasteiger partial charge in [-0.3, -0.25) is 4.79 Å². The van der Waals surface area contributed by atoms with Gasteiger partial charge < -0.3 is 9.80 Å². The number of fused-ring (bicyclic) bond motifs is 1. The van der Waals surface area contributed by atoms with Crippen molar-refractivity contribution in [1.82, 2.24) is 18.8 Å². The van der Waals surface area contributed by atoms with Gasteiger partial charge in [-0.1, -0.05) is 42.0 Å². The van der Waals surface area contributed by atoms with Gasteiger partial charge in [0.25, 0.3) is 15.9 Å². The smallest absolute Gasteiger partial charge is 0.345 e. The van der Waals surface area contributed by atoms with Crippen molar-refractivity contribution in [1.29, 1.82) is 0 Å². The molecule has 0 spiro atoms. The summed E-state index contributed by atoms with van der Waals surface area (Å²) in [7, 11) is 1.18. The van der Waals surface area contributed by atoms with Crippen LogP contribution in [0.25, 0.3) is 33.3 Å². The van der Waals surface area contributed by atoms with Crippen LogP contribution in [-0.2, 0) is 16.2 Å². The number of nitrogens with zero attached hydrogens (tertiary/aromatic N) is 4. The van der Waals surface area contributed by atoms with Gasteiger partial charge in [-0.2, -0.15) is 13.2 Å². The number of pyridine rings is 1. The standard InChI is InChI=1S/C36H35F3N4O3S/c1-23-5-12-29(13-6-23)47(45,46)43-22-32(24-7-9-26(10-8-24)35(44)41(2)3)31-19-28(21-40-34(31)43)27-11-14-30(33(20-27)36(37,38)39)25-15-17-42(4)18-16-25/h5-14,19-22,25H,15-18H2,1-4H3. The van der Waals surface area contributed by atoms with E-state index in [2.05, 4.69) is 9.88 Å². The zero-order valence-corrected chi connectivity index (χ0v) is 27.4. The predicted molar refractivity (Wildman–Crippen MR) is 177 cm³/mol. The molecule has 0 bridgehead atoms. The lowest BCUT2D eigenvalue weighted by Crippen LogP contribution is -2.30. The number of hydrogen-bond acceptors (Lipinski definition) is 5. The minimum Gasteiger partial charge on any atom is -0.345 e. The molecule has 2 aromatic heterocycles. The van der Waals surface area contributed by atoms with Crippen LogP contribution in [0.5, 0.6) is 0 Å². The van der Waals surface area contributed by atoms with E-state index in [4.69, 9.17) is 0 Å². The second kappa shape index (κ2) is 12.3. The van der Waals surface area contributed by atoms with Gasteiger partial charge in [0.05, 0.1) is 10.5 Å². The zero-order valence-electron chi connectivity index (χ0n) is 26.5. The van der Waals surface area contributed by atoms with Crippen LogP contribution in [0.2, 0.25) is 0 Å². The third-order valence-electron chi connectivity index (χ3n) is 8.89. The Kier molecular flexibility index (Phi) is 8.48. The van der Waals surface area contributed by atoms with E-state index in [-0.39, 0.29) is 22.4 Å². The average Bonchev–Trinajstić information content (AvgIpc) is 3.44. The lowest BCUT2D eigenvalue weighted by atomic mass is 9.85. The predicted octanol–water partition coefficient (Wildman–Crippen LogP) is 7.45. The number of carbonyl (C=O) groups excluding carboxylic acids is 1. The van der Waals surface area contributed by atoms with Crippen molar-refractivity contribution >= 4 is 27.0 Å². The molecule has 1 aliphatic heterocycles. The van der Waals surface area contributed by atoms with E-state index < -0.39 is 21.8 Å². The van der Waals surface area contributed by atoms with Crippen molar-refractivity contribution < 1.29 is 26.4 Å². The van der Waals surface area contributed by atoms with Crippen molar-refractivity contribution in [2.45, 2.75) is 36.8 Å². The second-order valence-corrected chi connectivity index (χ2v) is 14.2. The lowest BCUT2D eigenvalue weighted by Gasteiger charge is -2.31. The minimum absolute atomic E-state index is 0.0728. The van der Waals surface area contributed by atoms with Crippen molar-refractivity contribution in [2.24, 2.45) is 0 Å². The van der Waals surface area contributed by atoms with E-state index in [1.54, 1.807) is 68.7 Å². The van der Waals surface area contributed by atoms with E-state index in [0.717, 1.165) is 22.6 Å². The van der Waals surface area contributed by atoms with Crippen LogP contribution in [0.1, 0.15) is 45.8 Å². The highest BCUT2D eigenvalue weighted by Crippen LogP contribution is 2.42. The molecule has 47 heavy (non-hydrogen) atoms. The van der Waals surface area contributed by atoms with Crippen LogP contribution in [0.4, 0.5) is 13.2 Å². The molecule has 0 saturated carbocycles. The number of aromatic nitrogens is 2. The van der Waals surface area contributed by atoms with Gasteiger partial charge in [0.1, 0.15) is 0 Å². The van der Waals surface area contributed by atoms with Gasteiger partial charge in [-0.05, 0) is 98.9 Å². The van der Waals surface area contributed by atoms with Crippen molar-refractivity contribution in [3.8, 4) is 22.3 Å². The van der Waals surface area contributed by atoms with Crippen LogP contribution in [0.3, 0.4) is 0 Å². The number of halogens is 3. The number of benzene rings is 3. The largest absolute Gasteiger partial charge is 0.416 e. The summed E-state index contributed by atoms with van der Waals surface area (Å²) in [5.74, 6) is -0.374. The van der Waals surface area contributed by atoms with Crippen LogP contribution >= 0.6 is 0 Å². The molecule has 0 atom stereocenters.